The molecule has 2 aliphatic heterocycles. The van der Waals surface area contributed by atoms with Crippen LogP contribution in [0.25, 0.3) is 0 Å². The molecule has 4 rings (SSSR count). The third kappa shape index (κ3) is 4.37. The normalized spacial score (nSPS) is 17.0. The molecule has 0 aliphatic carbocycles. The SMILES string of the molecule is O=C(Nc1ccc(=O)n(Cc2ccccc2Cl)c1)C1=CN2CCS(=O)(=O)N=C2C=C1. The molecule has 10 heteroatoms. The summed E-state index contributed by atoms with van der Waals surface area (Å²) in [7, 11) is -3.45. The predicted molar refractivity (Wildman–Crippen MR) is 115 cm³/mol. The van der Waals surface area contributed by atoms with E-state index in [-0.39, 0.29) is 36.1 Å². The number of benzene rings is 1. The molecular weight excluding hydrogens is 428 g/mol. The Kier molecular flexibility index (Phi) is 5.31. The molecule has 154 valence electrons. The first kappa shape index (κ1) is 20.1. The van der Waals surface area contributed by atoms with Crippen molar-refractivity contribution in [2.45, 2.75) is 6.54 Å². The van der Waals surface area contributed by atoms with Crippen LogP contribution in [0, 0.1) is 0 Å². The van der Waals surface area contributed by atoms with Crippen molar-refractivity contribution < 1.29 is 13.2 Å². The summed E-state index contributed by atoms with van der Waals surface area (Å²) in [6.45, 7) is 0.498. The summed E-state index contributed by atoms with van der Waals surface area (Å²) in [5.74, 6) is -0.212. The molecule has 1 amide bonds. The minimum absolute atomic E-state index is 0.108. The van der Waals surface area contributed by atoms with E-state index in [1.807, 2.05) is 18.2 Å². The predicted octanol–water partition coefficient (Wildman–Crippen LogP) is 1.99. The molecule has 1 N–H and O–H groups in total. The maximum Gasteiger partial charge on any atom is 0.257 e. The molecule has 8 nitrogen and oxygen atoms in total. The van der Waals surface area contributed by atoms with E-state index in [4.69, 9.17) is 11.6 Å². The van der Waals surface area contributed by atoms with Crippen molar-refractivity contribution in [3.8, 4) is 0 Å². The van der Waals surface area contributed by atoms with Crippen LogP contribution in [-0.2, 0) is 21.4 Å². The number of carbonyl (C=O) groups excluding carboxylic acids is 1. The quantitative estimate of drug-likeness (QED) is 0.777. The number of amides is 1. The number of amidine groups is 1. The monoisotopic (exact) mass is 444 g/mol. The van der Waals surface area contributed by atoms with Crippen LogP contribution in [0.4, 0.5) is 5.69 Å². The van der Waals surface area contributed by atoms with Gasteiger partial charge in [-0.15, -0.1) is 4.40 Å². The van der Waals surface area contributed by atoms with Crippen molar-refractivity contribution >= 4 is 39.1 Å². The van der Waals surface area contributed by atoms with E-state index in [9.17, 15) is 18.0 Å². The van der Waals surface area contributed by atoms with Crippen LogP contribution in [0.1, 0.15) is 5.56 Å². The first-order valence-electron chi connectivity index (χ1n) is 9.05. The molecule has 1 aromatic carbocycles. The molecule has 1 aromatic heterocycles. The average Bonchev–Trinajstić information content (AvgIpc) is 2.71. The van der Waals surface area contributed by atoms with Gasteiger partial charge in [0.1, 0.15) is 5.84 Å². The van der Waals surface area contributed by atoms with Gasteiger partial charge in [-0.2, -0.15) is 0 Å². The maximum atomic E-state index is 12.7. The lowest BCUT2D eigenvalue weighted by Crippen LogP contribution is -2.37. The summed E-state index contributed by atoms with van der Waals surface area (Å²) in [6, 6.07) is 10.1. The third-order valence-corrected chi connectivity index (χ3v) is 6.16. The largest absolute Gasteiger partial charge is 0.330 e. The highest BCUT2D eigenvalue weighted by Gasteiger charge is 2.25. The Morgan fingerprint density at radius 2 is 1.97 bits per heavy atom. The zero-order chi connectivity index (χ0) is 21.3. The Hall–Kier alpha value is -3.17. The van der Waals surface area contributed by atoms with Gasteiger partial charge in [0.25, 0.3) is 21.5 Å². The minimum atomic E-state index is -3.45. The van der Waals surface area contributed by atoms with Crippen molar-refractivity contribution in [1.82, 2.24) is 9.47 Å². The van der Waals surface area contributed by atoms with Crippen LogP contribution in [-0.4, -0.2) is 41.9 Å². The highest BCUT2D eigenvalue weighted by Crippen LogP contribution is 2.18. The summed E-state index contributed by atoms with van der Waals surface area (Å²) < 4.78 is 28.3. The number of hydrogen-bond donors (Lipinski definition) is 1. The number of nitrogens with zero attached hydrogens (tertiary/aromatic N) is 3. The standard InChI is InChI=1S/C20H17ClN4O4S/c21-17-4-2-1-3-14(17)11-25-13-16(6-8-19(25)26)22-20(27)15-5-7-18-23-30(28,29)10-9-24(18)12-15/h1-8,12-13H,9-11H2,(H,22,27). The van der Waals surface area contributed by atoms with Gasteiger partial charge in [0.05, 0.1) is 23.6 Å². The number of pyridine rings is 1. The van der Waals surface area contributed by atoms with Crippen LogP contribution < -0.4 is 10.9 Å². The lowest BCUT2D eigenvalue weighted by Gasteiger charge is -2.26. The molecule has 3 heterocycles. The number of hydrogen-bond acceptors (Lipinski definition) is 5. The van der Waals surface area contributed by atoms with Crippen LogP contribution in [0.2, 0.25) is 5.02 Å². The van der Waals surface area contributed by atoms with Crippen LogP contribution in [0.15, 0.2) is 75.7 Å². The van der Waals surface area contributed by atoms with E-state index < -0.39 is 10.0 Å². The number of fused-ring (bicyclic) bond motifs is 1. The second-order valence-corrected chi connectivity index (χ2v) is 8.94. The Labute approximate surface area is 177 Å². The summed E-state index contributed by atoms with van der Waals surface area (Å²) >= 11 is 6.17. The molecule has 2 aromatic rings. The maximum absolute atomic E-state index is 12.7. The molecule has 0 fully saturated rings. The van der Waals surface area contributed by atoms with Crippen molar-refractivity contribution in [2.75, 3.05) is 17.6 Å². The van der Waals surface area contributed by atoms with Gasteiger partial charge in [-0.25, -0.2) is 8.42 Å². The van der Waals surface area contributed by atoms with Gasteiger partial charge in [0.2, 0.25) is 0 Å². The Morgan fingerprint density at radius 3 is 2.77 bits per heavy atom. The number of carbonyl (C=O) groups is 1. The lowest BCUT2D eigenvalue weighted by molar-refractivity contribution is -0.112. The van der Waals surface area contributed by atoms with Crippen LogP contribution in [0.3, 0.4) is 0 Å². The molecule has 2 aliphatic rings. The number of anilines is 1. The van der Waals surface area contributed by atoms with Crippen molar-refractivity contribution in [3.63, 3.8) is 0 Å². The van der Waals surface area contributed by atoms with Gasteiger partial charge in [-0.3, -0.25) is 9.59 Å². The molecule has 0 saturated heterocycles. The lowest BCUT2D eigenvalue weighted by atomic mass is 10.1. The van der Waals surface area contributed by atoms with E-state index in [2.05, 4.69) is 9.71 Å². The highest BCUT2D eigenvalue weighted by molar-refractivity contribution is 7.90. The van der Waals surface area contributed by atoms with E-state index in [0.29, 0.717) is 16.3 Å². The van der Waals surface area contributed by atoms with Gasteiger partial charge < -0.3 is 14.8 Å². The number of rotatable bonds is 4. The van der Waals surface area contributed by atoms with Crippen LogP contribution in [0.5, 0.6) is 0 Å². The molecule has 0 atom stereocenters. The van der Waals surface area contributed by atoms with E-state index >= 15 is 0 Å². The fourth-order valence-corrected chi connectivity index (χ4v) is 4.24. The minimum Gasteiger partial charge on any atom is -0.330 e. The first-order chi connectivity index (χ1) is 14.3. The summed E-state index contributed by atoms with van der Waals surface area (Å²) in [6.07, 6.45) is 6.11. The number of halogens is 1. The van der Waals surface area contributed by atoms with Crippen molar-refractivity contribution in [2.24, 2.45) is 4.40 Å². The van der Waals surface area contributed by atoms with Crippen molar-refractivity contribution in [1.29, 1.82) is 0 Å². The fraction of sp³-hybridized carbons (Fsp3) is 0.150. The molecule has 0 saturated carbocycles. The number of nitrogens with one attached hydrogen (secondary N) is 1. The van der Waals surface area contributed by atoms with Gasteiger partial charge in [0, 0.05) is 30.0 Å². The first-order valence-corrected chi connectivity index (χ1v) is 11.0. The number of sulfonamides is 1. The van der Waals surface area contributed by atoms with Gasteiger partial charge >= 0.3 is 0 Å². The second-order valence-electron chi connectivity index (χ2n) is 6.78. The summed E-state index contributed by atoms with van der Waals surface area (Å²) in [5, 5.41) is 3.31. The average molecular weight is 445 g/mol. The van der Waals surface area contributed by atoms with E-state index in [0.717, 1.165) is 5.56 Å². The zero-order valence-electron chi connectivity index (χ0n) is 15.7. The zero-order valence-corrected chi connectivity index (χ0v) is 17.2. The Morgan fingerprint density at radius 1 is 1.17 bits per heavy atom. The topological polar surface area (TPSA) is 101 Å². The Bertz CT molecular complexity index is 1280. The molecule has 0 spiro atoms. The van der Waals surface area contributed by atoms with E-state index in [1.165, 1.54) is 28.9 Å². The summed E-state index contributed by atoms with van der Waals surface area (Å²) in [5.41, 5.74) is 1.35. The highest BCUT2D eigenvalue weighted by atomic mass is 35.5. The van der Waals surface area contributed by atoms with E-state index in [1.54, 1.807) is 23.4 Å². The third-order valence-electron chi connectivity index (χ3n) is 4.63. The molecule has 0 bridgehead atoms. The molecule has 0 radical (unpaired) electrons. The van der Waals surface area contributed by atoms with Gasteiger partial charge in [0.15, 0.2) is 0 Å². The fourth-order valence-electron chi connectivity index (χ4n) is 3.08. The second kappa shape index (κ2) is 7.92. The smallest absolute Gasteiger partial charge is 0.257 e. The van der Waals surface area contributed by atoms with Gasteiger partial charge in [-0.1, -0.05) is 29.8 Å². The Balaban J connectivity index is 1.52. The summed E-state index contributed by atoms with van der Waals surface area (Å²) in [4.78, 5) is 26.5. The van der Waals surface area contributed by atoms with Gasteiger partial charge in [-0.05, 0) is 29.8 Å². The van der Waals surface area contributed by atoms with Crippen molar-refractivity contribution in [3.05, 3.63) is 87.5 Å². The van der Waals surface area contributed by atoms with Crippen LogP contribution >= 0.6 is 11.6 Å². The molecular formula is C20H17ClN4O4S. The molecule has 30 heavy (non-hydrogen) atoms. The molecule has 0 unspecified atom stereocenters. The number of aromatic nitrogens is 1.